The molecule has 0 aliphatic rings. The number of carbonyl (C=O) groups is 1. The predicted molar refractivity (Wildman–Crippen MR) is 103 cm³/mol. The number of rotatable bonds is 6. The summed E-state index contributed by atoms with van der Waals surface area (Å²) in [5.74, 6) is 0.614. The lowest BCUT2D eigenvalue weighted by Gasteiger charge is -2.09. The van der Waals surface area contributed by atoms with Gasteiger partial charge in [-0.25, -0.2) is 13.4 Å². The van der Waals surface area contributed by atoms with Crippen LogP contribution in [0.15, 0.2) is 41.3 Å². The predicted octanol–water partition coefficient (Wildman–Crippen LogP) is 2.47. The van der Waals surface area contributed by atoms with Crippen molar-refractivity contribution >= 4 is 42.4 Å². The van der Waals surface area contributed by atoms with Crippen LogP contribution in [-0.2, 0) is 9.84 Å². The summed E-state index contributed by atoms with van der Waals surface area (Å²) in [6, 6.07) is 9.49. The van der Waals surface area contributed by atoms with E-state index in [4.69, 9.17) is 9.47 Å². The van der Waals surface area contributed by atoms with Crippen LogP contribution in [0, 0.1) is 0 Å². The van der Waals surface area contributed by atoms with E-state index in [0.717, 1.165) is 11.0 Å². The SMILES string of the molecule is COc1ccc(OC)c2sc(NNC(=O)c3ccccc3S(C)(=O)=O)nc12. The van der Waals surface area contributed by atoms with Crippen molar-refractivity contribution in [2.45, 2.75) is 4.90 Å². The van der Waals surface area contributed by atoms with Crippen molar-refractivity contribution in [2.24, 2.45) is 0 Å². The first-order chi connectivity index (χ1) is 12.8. The molecule has 3 rings (SSSR count). The largest absolute Gasteiger partial charge is 0.495 e. The molecule has 2 aromatic carbocycles. The lowest BCUT2D eigenvalue weighted by molar-refractivity contribution is 0.0959. The molecule has 0 aliphatic heterocycles. The molecule has 0 spiro atoms. The molecule has 1 heterocycles. The topological polar surface area (TPSA) is 107 Å². The summed E-state index contributed by atoms with van der Waals surface area (Å²) in [5, 5.41) is 0.401. The van der Waals surface area contributed by atoms with E-state index in [0.29, 0.717) is 22.1 Å². The van der Waals surface area contributed by atoms with Crippen LogP contribution >= 0.6 is 11.3 Å². The molecule has 0 unspecified atom stereocenters. The number of hydrazine groups is 1. The molecular weight excluding hydrogens is 390 g/mol. The average Bonchev–Trinajstić information content (AvgIpc) is 3.08. The summed E-state index contributed by atoms with van der Waals surface area (Å²) in [5.41, 5.74) is 5.83. The molecule has 3 aromatic rings. The molecule has 0 atom stereocenters. The molecule has 0 radical (unpaired) electrons. The maximum absolute atomic E-state index is 12.4. The highest BCUT2D eigenvalue weighted by Crippen LogP contribution is 2.38. The number of anilines is 1. The quantitative estimate of drug-likeness (QED) is 0.605. The van der Waals surface area contributed by atoms with Gasteiger partial charge in [-0.1, -0.05) is 23.5 Å². The average molecular weight is 407 g/mol. The van der Waals surface area contributed by atoms with E-state index >= 15 is 0 Å². The highest BCUT2D eigenvalue weighted by Gasteiger charge is 2.19. The Hall–Kier alpha value is -2.85. The summed E-state index contributed by atoms with van der Waals surface area (Å²) >= 11 is 1.26. The summed E-state index contributed by atoms with van der Waals surface area (Å²) in [7, 11) is -0.442. The number of hydrogen-bond acceptors (Lipinski definition) is 8. The minimum absolute atomic E-state index is 0.0445. The van der Waals surface area contributed by atoms with E-state index in [9.17, 15) is 13.2 Å². The zero-order valence-corrected chi connectivity index (χ0v) is 16.4. The van der Waals surface area contributed by atoms with Gasteiger partial charge in [0.15, 0.2) is 9.84 Å². The zero-order valence-electron chi connectivity index (χ0n) is 14.8. The van der Waals surface area contributed by atoms with Gasteiger partial charge in [0, 0.05) is 6.26 Å². The Labute approximate surface area is 160 Å². The highest BCUT2D eigenvalue weighted by molar-refractivity contribution is 7.90. The van der Waals surface area contributed by atoms with E-state index in [1.807, 2.05) is 0 Å². The number of nitrogens with one attached hydrogen (secondary N) is 2. The van der Waals surface area contributed by atoms with Gasteiger partial charge in [-0.3, -0.25) is 15.6 Å². The summed E-state index contributed by atoms with van der Waals surface area (Å²) in [4.78, 5) is 16.8. The number of carbonyl (C=O) groups excluding carboxylic acids is 1. The first kappa shape index (κ1) is 18.9. The first-order valence-electron chi connectivity index (χ1n) is 7.72. The normalized spacial score (nSPS) is 11.2. The monoisotopic (exact) mass is 407 g/mol. The smallest absolute Gasteiger partial charge is 0.270 e. The number of sulfone groups is 1. The third-order valence-corrected chi connectivity index (χ3v) is 5.86. The van der Waals surface area contributed by atoms with Crippen molar-refractivity contribution in [2.75, 3.05) is 25.9 Å². The molecule has 142 valence electrons. The van der Waals surface area contributed by atoms with Crippen LogP contribution in [0.3, 0.4) is 0 Å². The lowest BCUT2D eigenvalue weighted by atomic mass is 10.2. The van der Waals surface area contributed by atoms with Crippen LogP contribution in [-0.4, -0.2) is 39.8 Å². The Balaban J connectivity index is 1.87. The molecule has 10 heteroatoms. The molecule has 2 N–H and O–H groups in total. The van der Waals surface area contributed by atoms with E-state index in [1.165, 1.54) is 30.6 Å². The lowest BCUT2D eigenvalue weighted by Crippen LogP contribution is -2.30. The van der Waals surface area contributed by atoms with E-state index < -0.39 is 15.7 Å². The van der Waals surface area contributed by atoms with Crippen LogP contribution in [0.4, 0.5) is 5.13 Å². The number of ether oxygens (including phenoxy) is 2. The molecule has 0 saturated carbocycles. The molecule has 0 fully saturated rings. The second-order valence-corrected chi connectivity index (χ2v) is 8.50. The Morgan fingerprint density at radius 1 is 1.07 bits per heavy atom. The molecule has 0 aliphatic carbocycles. The summed E-state index contributed by atoms with van der Waals surface area (Å²) in [6.45, 7) is 0. The second-order valence-electron chi connectivity index (χ2n) is 5.51. The van der Waals surface area contributed by atoms with Gasteiger partial charge in [-0.15, -0.1) is 0 Å². The van der Waals surface area contributed by atoms with Crippen molar-refractivity contribution in [1.29, 1.82) is 0 Å². The number of methoxy groups -OCH3 is 2. The van der Waals surface area contributed by atoms with Gasteiger partial charge in [0.2, 0.25) is 5.13 Å². The van der Waals surface area contributed by atoms with Crippen LogP contribution in [0.5, 0.6) is 11.5 Å². The molecule has 1 amide bonds. The standard InChI is InChI=1S/C17H17N3O5S2/c1-24-11-8-9-12(25-2)15-14(11)18-17(26-15)20-19-16(21)10-6-4-5-7-13(10)27(3,22)23/h4-9H,1-3H3,(H,18,20)(H,19,21). The van der Waals surface area contributed by atoms with Crippen molar-refractivity contribution < 1.29 is 22.7 Å². The number of benzene rings is 2. The summed E-state index contributed by atoms with van der Waals surface area (Å²) < 4.78 is 35.1. The second kappa shape index (κ2) is 7.41. The molecular formula is C17H17N3O5S2. The summed E-state index contributed by atoms with van der Waals surface area (Å²) in [6.07, 6.45) is 1.05. The van der Waals surface area contributed by atoms with Gasteiger partial charge < -0.3 is 9.47 Å². The maximum Gasteiger partial charge on any atom is 0.270 e. The van der Waals surface area contributed by atoms with E-state index in [2.05, 4.69) is 15.8 Å². The molecule has 0 saturated heterocycles. The maximum atomic E-state index is 12.4. The van der Waals surface area contributed by atoms with Gasteiger partial charge in [0.25, 0.3) is 5.91 Å². The van der Waals surface area contributed by atoms with Gasteiger partial charge in [-0.05, 0) is 24.3 Å². The van der Waals surface area contributed by atoms with Crippen LogP contribution in [0.1, 0.15) is 10.4 Å². The van der Waals surface area contributed by atoms with Gasteiger partial charge in [0.05, 0.1) is 24.7 Å². The van der Waals surface area contributed by atoms with Gasteiger partial charge in [0.1, 0.15) is 21.7 Å². The van der Waals surface area contributed by atoms with Crippen LogP contribution < -0.4 is 20.3 Å². The third kappa shape index (κ3) is 3.81. The molecule has 1 aromatic heterocycles. The number of hydrogen-bond donors (Lipinski definition) is 2. The van der Waals surface area contributed by atoms with Gasteiger partial charge in [-0.2, -0.15) is 0 Å². The molecule has 27 heavy (non-hydrogen) atoms. The number of amides is 1. The first-order valence-corrected chi connectivity index (χ1v) is 10.4. The molecule has 8 nitrogen and oxygen atoms in total. The third-order valence-electron chi connectivity index (χ3n) is 3.72. The van der Waals surface area contributed by atoms with Crippen molar-refractivity contribution in [3.05, 3.63) is 42.0 Å². The van der Waals surface area contributed by atoms with E-state index in [-0.39, 0.29) is 10.5 Å². The van der Waals surface area contributed by atoms with Crippen molar-refractivity contribution in [3.63, 3.8) is 0 Å². The van der Waals surface area contributed by atoms with Crippen molar-refractivity contribution in [1.82, 2.24) is 10.4 Å². The number of thiazole rings is 1. The van der Waals surface area contributed by atoms with Gasteiger partial charge >= 0.3 is 0 Å². The Morgan fingerprint density at radius 3 is 2.41 bits per heavy atom. The fourth-order valence-electron chi connectivity index (χ4n) is 2.49. The Bertz CT molecular complexity index is 1070. The van der Waals surface area contributed by atoms with E-state index in [1.54, 1.807) is 31.4 Å². The van der Waals surface area contributed by atoms with Crippen LogP contribution in [0.25, 0.3) is 10.2 Å². The number of fused-ring (bicyclic) bond motifs is 1. The number of nitrogens with zero attached hydrogens (tertiary/aromatic N) is 1. The number of aromatic nitrogens is 1. The Kier molecular flexibility index (Phi) is 5.19. The Morgan fingerprint density at radius 2 is 1.74 bits per heavy atom. The molecule has 0 bridgehead atoms. The van der Waals surface area contributed by atoms with Crippen LogP contribution in [0.2, 0.25) is 0 Å². The minimum atomic E-state index is -3.53. The fourth-order valence-corrected chi connectivity index (χ4v) is 4.31. The van der Waals surface area contributed by atoms with Crippen molar-refractivity contribution in [3.8, 4) is 11.5 Å². The fraction of sp³-hybridized carbons (Fsp3) is 0.176. The minimum Gasteiger partial charge on any atom is -0.495 e. The highest BCUT2D eigenvalue weighted by atomic mass is 32.2. The zero-order chi connectivity index (χ0) is 19.6.